The summed E-state index contributed by atoms with van der Waals surface area (Å²) < 4.78 is 13.0. The van der Waals surface area contributed by atoms with E-state index in [4.69, 9.17) is 9.26 Å². The van der Waals surface area contributed by atoms with Crippen LogP contribution in [-0.4, -0.2) is 20.8 Å². The Morgan fingerprint density at radius 2 is 1.93 bits per heavy atom. The molecule has 2 aromatic heterocycles. The first kappa shape index (κ1) is 18.7. The van der Waals surface area contributed by atoms with Crippen molar-refractivity contribution >= 4 is 11.7 Å². The number of aryl methyl sites for hydroxylation is 5. The lowest BCUT2D eigenvalue weighted by Crippen LogP contribution is -2.16. The molecule has 0 fully saturated rings. The van der Waals surface area contributed by atoms with Gasteiger partial charge in [0.15, 0.2) is 11.5 Å². The molecule has 27 heavy (non-hydrogen) atoms. The van der Waals surface area contributed by atoms with Crippen LogP contribution in [0.5, 0.6) is 5.75 Å². The Labute approximate surface area is 158 Å². The number of hydrogen-bond donors (Lipinski definition) is 1. The van der Waals surface area contributed by atoms with Crippen molar-refractivity contribution in [2.24, 2.45) is 0 Å². The summed E-state index contributed by atoms with van der Waals surface area (Å²) in [5.74, 6) is 1.48. The lowest BCUT2D eigenvalue weighted by Gasteiger charge is -2.12. The summed E-state index contributed by atoms with van der Waals surface area (Å²) in [6, 6.07) is 7.78. The predicted octanol–water partition coefficient (Wildman–Crippen LogP) is 3.96. The normalized spacial score (nSPS) is 10.9. The van der Waals surface area contributed by atoms with Crippen LogP contribution >= 0.6 is 0 Å². The van der Waals surface area contributed by atoms with E-state index in [2.05, 4.69) is 15.6 Å². The smallest absolute Gasteiger partial charge is 0.279 e. The van der Waals surface area contributed by atoms with E-state index in [0.717, 1.165) is 29.1 Å². The summed E-state index contributed by atoms with van der Waals surface area (Å²) in [6.45, 7) is 10.6. The number of carbonyl (C=O) groups excluding carboxylic acids is 1. The molecule has 3 rings (SSSR count). The van der Waals surface area contributed by atoms with E-state index in [1.165, 1.54) is 0 Å². The second kappa shape index (κ2) is 7.65. The van der Waals surface area contributed by atoms with E-state index in [1.807, 2.05) is 56.6 Å². The summed E-state index contributed by atoms with van der Waals surface area (Å²) in [4.78, 5) is 12.7. The molecule has 1 aromatic carbocycles. The lowest BCUT2D eigenvalue weighted by molar-refractivity contribution is 0.101. The molecule has 0 aliphatic carbocycles. The van der Waals surface area contributed by atoms with Gasteiger partial charge in [0.2, 0.25) is 0 Å². The maximum absolute atomic E-state index is 12.7. The van der Waals surface area contributed by atoms with Gasteiger partial charge in [0.25, 0.3) is 5.91 Å². The van der Waals surface area contributed by atoms with Crippen molar-refractivity contribution in [3.8, 4) is 5.75 Å². The van der Waals surface area contributed by atoms with Crippen molar-refractivity contribution in [3.05, 3.63) is 58.1 Å². The SMILES string of the molecule is CCn1nc(NC(=O)c2noc(C)c2COc2c(C)cccc2C)cc1C. The maximum Gasteiger partial charge on any atom is 0.279 e. The minimum Gasteiger partial charge on any atom is -0.488 e. The third-order valence-corrected chi connectivity index (χ3v) is 4.49. The summed E-state index contributed by atoms with van der Waals surface area (Å²) in [7, 11) is 0. The number of anilines is 1. The molecule has 0 saturated heterocycles. The third-order valence-electron chi connectivity index (χ3n) is 4.49. The number of carbonyl (C=O) groups is 1. The molecule has 0 bridgehead atoms. The topological polar surface area (TPSA) is 82.2 Å². The number of ether oxygens (including phenoxy) is 1. The molecule has 0 unspecified atom stereocenters. The second-order valence-electron chi connectivity index (χ2n) is 6.52. The second-order valence-corrected chi connectivity index (χ2v) is 6.52. The van der Waals surface area contributed by atoms with E-state index >= 15 is 0 Å². The number of para-hydroxylation sites is 1. The fraction of sp³-hybridized carbons (Fsp3) is 0.350. The summed E-state index contributed by atoms with van der Waals surface area (Å²) in [5.41, 5.74) is 3.89. The van der Waals surface area contributed by atoms with E-state index < -0.39 is 0 Å². The zero-order valence-corrected chi connectivity index (χ0v) is 16.3. The lowest BCUT2D eigenvalue weighted by atomic mass is 10.1. The number of nitrogens with one attached hydrogen (secondary N) is 1. The number of benzene rings is 1. The first-order valence-electron chi connectivity index (χ1n) is 8.90. The van der Waals surface area contributed by atoms with Gasteiger partial charge >= 0.3 is 0 Å². The number of aromatic nitrogens is 3. The molecule has 0 spiro atoms. The van der Waals surface area contributed by atoms with Crippen molar-refractivity contribution in [3.63, 3.8) is 0 Å². The standard InChI is InChI=1S/C20H24N4O3/c1-6-24-14(4)10-17(22-24)21-20(25)18-16(15(5)27-23-18)11-26-19-12(2)8-7-9-13(19)3/h7-10H,6,11H2,1-5H3,(H,21,22,25). The average Bonchev–Trinajstić information content (AvgIpc) is 3.16. The highest BCUT2D eigenvalue weighted by Gasteiger charge is 2.22. The molecule has 3 aromatic rings. The van der Waals surface area contributed by atoms with Crippen LogP contribution in [0.4, 0.5) is 5.82 Å². The Morgan fingerprint density at radius 1 is 1.22 bits per heavy atom. The van der Waals surface area contributed by atoms with Gasteiger partial charge in [-0.05, 0) is 45.7 Å². The van der Waals surface area contributed by atoms with Gasteiger partial charge in [0.1, 0.15) is 18.1 Å². The van der Waals surface area contributed by atoms with Crippen LogP contribution < -0.4 is 10.1 Å². The van der Waals surface area contributed by atoms with Crippen LogP contribution in [0.1, 0.15) is 45.6 Å². The van der Waals surface area contributed by atoms with E-state index in [-0.39, 0.29) is 18.2 Å². The van der Waals surface area contributed by atoms with Crippen molar-refractivity contribution < 1.29 is 14.1 Å². The number of rotatable bonds is 6. The third kappa shape index (κ3) is 3.86. The summed E-state index contributed by atoms with van der Waals surface area (Å²) in [6.07, 6.45) is 0. The highest BCUT2D eigenvalue weighted by molar-refractivity contribution is 6.03. The number of nitrogens with zero attached hydrogens (tertiary/aromatic N) is 3. The Bertz CT molecular complexity index is 952. The molecule has 1 N–H and O–H groups in total. The molecular formula is C20H24N4O3. The van der Waals surface area contributed by atoms with Gasteiger partial charge in [-0.1, -0.05) is 23.4 Å². The minimum absolute atomic E-state index is 0.201. The first-order valence-corrected chi connectivity index (χ1v) is 8.90. The summed E-state index contributed by atoms with van der Waals surface area (Å²) in [5, 5.41) is 11.0. The monoisotopic (exact) mass is 368 g/mol. The fourth-order valence-electron chi connectivity index (χ4n) is 2.98. The van der Waals surface area contributed by atoms with E-state index in [0.29, 0.717) is 17.1 Å². The molecular weight excluding hydrogens is 344 g/mol. The van der Waals surface area contributed by atoms with E-state index in [1.54, 1.807) is 6.92 Å². The Morgan fingerprint density at radius 3 is 2.56 bits per heavy atom. The van der Waals surface area contributed by atoms with Gasteiger partial charge in [-0.3, -0.25) is 9.48 Å². The van der Waals surface area contributed by atoms with Crippen molar-refractivity contribution in [2.45, 2.75) is 47.8 Å². The Kier molecular flexibility index (Phi) is 5.30. The van der Waals surface area contributed by atoms with Crippen LogP contribution in [0.2, 0.25) is 0 Å². The van der Waals surface area contributed by atoms with Gasteiger partial charge in [0, 0.05) is 18.3 Å². The van der Waals surface area contributed by atoms with Crippen LogP contribution in [-0.2, 0) is 13.2 Å². The first-order chi connectivity index (χ1) is 12.9. The molecule has 2 heterocycles. The van der Waals surface area contributed by atoms with E-state index in [9.17, 15) is 4.79 Å². The molecule has 0 aliphatic rings. The molecule has 0 saturated carbocycles. The maximum atomic E-state index is 12.7. The minimum atomic E-state index is -0.368. The van der Waals surface area contributed by atoms with Crippen LogP contribution in [0.3, 0.4) is 0 Å². The summed E-state index contributed by atoms with van der Waals surface area (Å²) >= 11 is 0. The average molecular weight is 368 g/mol. The highest BCUT2D eigenvalue weighted by Crippen LogP contribution is 2.25. The van der Waals surface area contributed by atoms with Crippen LogP contribution in [0, 0.1) is 27.7 Å². The molecule has 1 amide bonds. The Balaban J connectivity index is 1.78. The van der Waals surface area contributed by atoms with Crippen molar-refractivity contribution in [1.29, 1.82) is 0 Å². The van der Waals surface area contributed by atoms with Gasteiger partial charge in [-0.25, -0.2) is 0 Å². The highest BCUT2D eigenvalue weighted by atomic mass is 16.5. The Hall–Kier alpha value is -3.09. The van der Waals surface area contributed by atoms with Gasteiger partial charge in [-0.15, -0.1) is 0 Å². The van der Waals surface area contributed by atoms with Crippen molar-refractivity contribution in [1.82, 2.24) is 14.9 Å². The van der Waals surface area contributed by atoms with Gasteiger partial charge < -0.3 is 14.6 Å². The molecule has 0 aliphatic heterocycles. The molecule has 142 valence electrons. The van der Waals surface area contributed by atoms with Crippen molar-refractivity contribution in [2.75, 3.05) is 5.32 Å². The number of hydrogen-bond acceptors (Lipinski definition) is 5. The molecule has 0 atom stereocenters. The largest absolute Gasteiger partial charge is 0.488 e. The van der Waals surface area contributed by atoms with Gasteiger partial charge in [-0.2, -0.15) is 5.10 Å². The predicted molar refractivity (Wildman–Crippen MR) is 102 cm³/mol. The van der Waals surface area contributed by atoms with Gasteiger partial charge in [0.05, 0.1) is 5.56 Å². The van der Waals surface area contributed by atoms with Crippen LogP contribution in [0.15, 0.2) is 28.8 Å². The fourth-order valence-corrected chi connectivity index (χ4v) is 2.98. The molecule has 7 nitrogen and oxygen atoms in total. The van der Waals surface area contributed by atoms with Crippen LogP contribution in [0.25, 0.3) is 0 Å². The zero-order chi connectivity index (χ0) is 19.6. The molecule has 7 heteroatoms. The quantitative estimate of drug-likeness (QED) is 0.712. The molecule has 0 radical (unpaired) electrons. The number of amides is 1. The zero-order valence-electron chi connectivity index (χ0n) is 16.3.